The minimum absolute atomic E-state index is 0.238. The number of carbonyl (C=O) groups excluding carboxylic acids is 1. The summed E-state index contributed by atoms with van der Waals surface area (Å²) in [6.45, 7) is 0.266. The molecular weight excluding hydrogens is 268 g/mol. The largest absolute Gasteiger partial charge is 0.455 e. The number of carbonyl (C=O) groups is 1. The standard InChI is InChI=1S/C15H14N4O2/c16-9-12-4-5-14(21-12)15(20)18-11-3-1-2-10(8-11)13-6-7-17-19-13/h1-8H,9,16H2,(H,17,19)(H,18,20). The lowest BCUT2D eigenvalue weighted by Crippen LogP contribution is -2.10. The highest BCUT2D eigenvalue weighted by molar-refractivity contribution is 6.02. The van der Waals surface area contributed by atoms with Gasteiger partial charge in [-0.2, -0.15) is 5.10 Å². The van der Waals surface area contributed by atoms with Crippen LogP contribution in [-0.2, 0) is 6.54 Å². The number of hydrogen-bond acceptors (Lipinski definition) is 4. The number of aromatic amines is 1. The number of nitrogens with zero attached hydrogens (tertiary/aromatic N) is 1. The van der Waals surface area contributed by atoms with E-state index in [0.717, 1.165) is 11.3 Å². The van der Waals surface area contributed by atoms with Crippen LogP contribution in [0.4, 0.5) is 5.69 Å². The Bertz CT molecular complexity index is 747. The van der Waals surface area contributed by atoms with E-state index in [1.807, 2.05) is 30.3 Å². The molecule has 106 valence electrons. The molecule has 0 aliphatic rings. The van der Waals surface area contributed by atoms with Crippen LogP contribution in [0.5, 0.6) is 0 Å². The molecule has 0 bridgehead atoms. The minimum Gasteiger partial charge on any atom is -0.455 e. The zero-order chi connectivity index (χ0) is 14.7. The average Bonchev–Trinajstić information content (AvgIpc) is 3.19. The van der Waals surface area contributed by atoms with Crippen LogP contribution in [0, 0.1) is 0 Å². The third-order valence-corrected chi connectivity index (χ3v) is 3.02. The predicted octanol–water partition coefficient (Wildman–Crippen LogP) is 2.38. The number of hydrogen-bond donors (Lipinski definition) is 3. The molecule has 1 aromatic carbocycles. The van der Waals surface area contributed by atoms with Gasteiger partial charge in [0.2, 0.25) is 0 Å². The molecule has 0 aliphatic carbocycles. The molecule has 0 spiro atoms. The quantitative estimate of drug-likeness (QED) is 0.684. The monoisotopic (exact) mass is 282 g/mol. The van der Waals surface area contributed by atoms with Gasteiger partial charge >= 0.3 is 0 Å². The fourth-order valence-electron chi connectivity index (χ4n) is 1.98. The topological polar surface area (TPSA) is 96.9 Å². The maximum atomic E-state index is 12.1. The second kappa shape index (κ2) is 5.64. The van der Waals surface area contributed by atoms with Crippen LogP contribution in [0.1, 0.15) is 16.3 Å². The summed E-state index contributed by atoms with van der Waals surface area (Å²) in [5.74, 6) is 0.505. The fourth-order valence-corrected chi connectivity index (χ4v) is 1.98. The molecule has 0 saturated carbocycles. The second-order valence-corrected chi connectivity index (χ2v) is 4.48. The lowest BCUT2D eigenvalue weighted by Gasteiger charge is -2.05. The van der Waals surface area contributed by atoms with Gasteiger partial charge < -0.3 is 15.5 Å². The number of benzene rings is 1. The van der Waals surface area contributed by atoms with Crippen LogP contribution < -0.4 is 11.1 Å². The van der Waals surface area contributed by atoms with Crippen molar-refractivity contribution < 1.29 is 9.21 Å². The van der Waals surface area contributed by atoms with Crippen LogP contribution in [0.3, 0.4) is 0 Å². The molecule has 0 fully saturated rings. The van der Waals surface area contributed by atoms with Crippen LogP contribution in [0.2, 0.25) is 0 Å². The summed E-state index contributed by atoms with van der Waals surface area (Å²) in [5, 5.41) is 9.58. The Morgan fingerprint density at radius 2 is 2.19 bits per heavy atom. The average molecular weight is 282 g/mol. The second-order valence-electron chi connectivity index (χ2n) is 4.48. The van der Waals surface area contributed by atoms with Gasteiger partial charge in [0.25, 0.3) is 5.91 Å². The van der Waals surface area contributed by atoms with E-state index in [1.165, 1.54) is 0 Å². The van der Waals surface area contributed by atoms with Crippen LogP contribution in [-0.4, -0.2) is 16.1 Å². The highest BCUT2D eigenvalue weighted by atomic mass is 16.4. The number of nitrogens with one attached hydrogen (secondary N) is 2. The van der Waals surface area contributed by atoms with Gasteiger partial charge in [0.05, 0.1) is 12.2 Å². The summed E-state index contributed by atoms with van der Waals surface area (Å²) in [6, 6.07) is 12.6. The lowest BCUT2D eigenvalue weighted by atomic mass is 10.1. The number of amides is 1. The van der Waals surface area contributed by atoms with E-state index in [0.29, 0.717) is 11.4 Å². The first kappa shape index (κ1) is 13.1. The first-order chi connectivity index (χ1) is 10.3. The number of furan rings is 1. The fraction of sp³-hybridized carbons (Fsp3) is 0.0667. The van der Waals surface area contributed by atoms with Crippen LogP contribution in [0.15, 0.2) is 53.1 Å². The van der Waals surface area contributed by atoms with E-state index in [1.54, 1.807) is 18.3 Å². The summed E-state index contributed by atoms with van der Waals surface area (Å²) >= 11 is 0. The molecule has 0 unspecified atom stereocenters. The molecule has 3 aromatic rings. The number of nitrogens with two attached hydrogens (primary N) is 1. The van der Waals surface area contributed by atoms with Crippen molar-refractivity contribution in [3.05, 3.63) is 60.2 Å². The molecule has 0 radical (unpaired) electrons. The van der Waals surface area contributed by atoms with Gasteiger partial charge in [0, 0.05) is 17.4 Å². The Labute approximate surface area is 121 Å². The SMILES string of the molecule is NCc1ccc(C(=O)Nc2cccc(-c3ccn[nH]3)c2)o1. The van der Waals surface area contributed by atoms with Crippen LogP contribution >= 0.6 is 0 Å². The molecule has 0 aliphatic heterocycles. The highest BCUT2D eigenvalue weighted by Gasteiger charge is 2.11. The number of H-pyrrole nitrogens is 1. The lowest BCUT2D eigenvalue weighted by molar-refractivity contribution is 0.0995. The van der Waals surface area contributed by atoms with E-state index >= 15 is 0 Å². The molecule has 21 heavy (non-hydrogen) atoms. The Balaban J connectivity index is 1.78. The van der Waals surface area contributed by atoms with Crippen molar-refractivity contribution >= 4 is 11.6 Å². The van der Waals surface area contributed by atoms with Gasteiger partial charge in [-0.1, -0.05) is 12.1 Å². The van der Waals surface area contributed by atoms with Crippen LogP contribution in [0.25, 0.3) is 11.3 Å². The van der Waals surface area contributed by atoms with Gasteiger partial charge in [-0.3, -0.25) is 9.89 Å². The molecule has 6 nitrogen and oxygen atoms in total. The Morgan fingerprint density at radius 3 is 2.90 bits per heavy atom. The first-order valence-corrected chi connectivity index (χ1v) is 6.46. The molecule has 1 amide bonds. The van der Waals surface area contributed by atoms with Crippen molar-refractivity contribution in [2.24, 2.45) is 5.73 Å². The third kappa shape index (κ3) is 2.85. The maximum Gasteiger partial charge on any atom is 0.291 e. The van der Waals surface area contributed by atoms with Gasteiger partial charge in [-0.15, -0.1) is 0 Å². The summed E-state index contributed by atoms with van der Waals surface area (Å²) in [6.07, 6.45) is 1.68. The Hall–Kier alpha value is -2.86. The molecule has 6 heteroatoms. The van der Waals surface area contributed by atoms with Crippen molar-refractivity contribution in [2.45, 2.75) is 6.54 Å². The maximum absolute atomic E-state index is 12.1. The Morgan fingerprint density at radius 1 is 1.29 bits per heavy atom. The van der Waals surface area contributed by atoms with Crippen molar-refractivity contribution in [1.29, 1.82) is 0 Å². The predicted molar refractivity (Wildman–Crippen MR) is 78.6 cm³/mol. The van der Waals surface area contributed by atoms with Gasteiger partial charge in [-0.25, -0.2) is 0 Å². The highest BCUT2D eigenvalue weighted by Crippen LogP contribution is 2.21. The van der Waals surface area contributed by atoms with Crippen molar-refractivity contribution in [3.63, 3.8) is 0 Å². The molecule has 4 N–H and O–H groups in total. The van der Waals surface area contributed by atoms with E-state index in [-0.39, 0.29) is 18.2 Å². The van der Waals surface area contributed by atoms with Gasteiger partial charge in [0.1, 0.15) is 5.76 Å². The molecule has 0 atom stereocenters. The zero-order valence-electron chi connectivity index (χ0n) is 11.2. The van der Waals surface area contributed by atoms with Gasteiger partial charge in [-0.05, 0) is 30.3 Å². The summed E-state index contributed by atoms with van der Waals surface area (Å²) in [5.41, 5.74) is 7.95. The number of rotatable bonds is 4. The normalized spacial score (nSPS) is 10.5. The molecule has 2 aromatic heterocycles. The van der Waals surface area contributed by atoms with Gasteiger partial charge in [0.15, 0.2) is 5.76 Å². The van der Waals surface area contributed by atoms with Crippen molar-refractivity contribution in [3.8, 4) is 11.3 Å². The summed E-state index contributed by atoms with van der Waals surface area (Å²) in [7, 11) is 0. The molecule has 2 heterocycles. The van der Waals surface area contributed by atoms with E-state index < -0.39 is 0 Å². The van der Waals surface area contributed by atoms with E-state index in [9.17, 15) is 4.79 Å². The van der Waals surface area contributed by atoms with E-state index in [4.69, 9.17) is 10.2 Å². The summed E-state index contributed by atoms with van der Waals surface area (Å²) < 4.78 is 5.32. The minimum atomic E-state index is -0.309. The van der Waals surface area contributed by atoms with E-state index in [2.05, 4.69) is 15.5 Å². The smallest absolute Gasteiger partial charge is 0.291 e. The number of anilines is 1. The van der Waals surface area contributed by atoms with Crippen molar-refractivity contribution in [2.75, 3.05) is 5.32 Å². The first-order valence-electron chi connectivity index (χ1n) is 6.46. The molecule has 3 rings (SSSR count). The Kier molecular flexibility index (Phi) is 3.53. The van der Waals surface area contributed by atoms with Crippen molar-refractivity contribution in [1.82, 2.24) is 10.2 Å². The number of aromatic nitrogens is 2. The molecule has 0 saturated heterocycles. The summed E-state index contributed by atoms with van der Waals surface area (Å²) in [4.78, 5) is 12.1. The third-order valence-electron chi connectivity index (χ3n) is 3.02. The molecular formula is C15H14N4O2. The zero-order valence-corrected chi connectivity index (χ0v) is 11.2.